The van der Waals surface area contributed by atoms with Crippen LogP contribution < -0.4 is 0 Å². The van der Waals surface area contributed by atoms with E-state index in [0.717, 1.165) is 0 Å². The molecule has 0 aromatic rings. The zero-order valence-corrected chi connectivity index (χ0v) is 13.6. The zero-order valence-electron chi connectivity index (χ0n) is 4.15. The summed E-state index contributed by atoms with van der Waals surface area (Å²) in [6.45, 7) is 0. The van der Waals surface area contributed by atoms with Crippen molar-refractivity contribution < 1.29 is 27.4 Å². The molecule has 0 aliphatic rings. The van der Waals surface area contributed by atoms with Gasteiger partial charge in [0, 0.05) is 75.6 Å². The Balaban J connectivity index is 0. The van der Waals surface area contributed by atoms with Gasteiger partial charge in [-0.2, -0.15) is 0 Å². The molecule has 0 spiro atoms. The predicted molar refractivity (Wildman–Crippen MR) is 35.3 cm³/mol. The Morgan fingerprint density at radius 3 is 0.375 bits per heavy atom. The first-order valence-electron chi connectivity index (χ1n) is 0. The van der Waals surface area contributed by atoms with Crippen LogP contribution in [0.5, 0.6) is 0 Å². The summed E-state index contributed by atoms with van der Waals surface area (Å²) in [7, 11) is 0. The predicted octanol–water partition coefficient (Wildman–Crippen LogP) is -5.27. The standard InChI is InChI=1S/2In.5H2O.Sn/h;;5*1H2;. The largest absolute Gasteiger partial charge is 0.412 e. The molecule has 0 aromatic heterocycles. The van der Waals surface area contributed by atoms with Gasteiger partial charge in [-0.1, -0.05) is 0 Å². The van der Waals surface area contributed by atoms with Gasteiger partial charge >= 0.3 is 0 Å². The first kappa shape index (κ1) is 165. The van der Waals surface area contributed by atoms with E-state index in [4.69, 9.17) is 0 Å². The van der Waals surface area contributed by atoms with Crippen LogP contribution >= 0.6 is 0 Å². The minimum atomic E-state index is 0. The van der Waals surface area contributed by atoms with Gasteiger partial charge in [-0.15, -0.1) is 0 Å². The van der Waals surface area contributed by atoms with Gasteiger partial charge in [-0.3, -0.25) is 0 Å². The molecule has 0 heterocycles. The van der Waals surface area contributed by atoms with Gasteiger partial charge in [-0.05, 0) is 0 Å². The topological polar surface area (TPSA) is 158 Å². The van der Waals surface area contributed by atoms with Gasteiger partial charge in [0.05, 0.1) is 0 Å². The van der Waals surface area contributed by atoms with Crippen LogP contribution in [-0.4, -0.2) is 103 Å². The van der Waals surface area contributed by atoms with Crippen LogP contribution in [0.25, 0.3) is 0 Å². The molecule has 0 atom stereocenters. The molecule has 8 heavy (non-hydrogen) atoms. The molecule has 10 radical (unpaired) electrons. The summed E-state index contributed by atoms with van der Waals surface area (Å²) < 4.78 is 0. The van der Waals surface area contributed by atoms with Gasteiger partial charge in [0.1, 0.15) is 0 Å². The minimum absolute atomic E-state index is 0. The maximum atomic E-state index is 0. The Morgan fingerprint density at radius 2 is 0.375 bits per heavy atom. The van der Waals surface area contributed by atoms with Crippen LogP contribution in [-0.2, 0) is 0 Å². The van der Waals surface area contributed by atoms with Gasteiger partial charge in [0.25, 0.3) is 0 Å². The fourth-order valence-corrected chi connectivity index (χ4v) is 0. The fourth-order valence-electron chi connectivity index (χ4n) is 0. The van der Waals surface area contributed by atoms with E-state index in [1.165, 1.54) is 0 Å². The molecule has 0 saturated carbocycles. The number of rotatable bonds is 0. The quantitative estimate of drug-likeness (QED) is 0.331. The van der Waals surface area contributed by atoms with Crippen molar-refractivity contribution in [3.05, 3.63) is 0 Å². The van der Waals surface area contributed by atoms with Crippen molar-refractivity contribution in [2.75, 3.05) is 0 Å². The van der Waals surface area contributed by atoms with Crippen LogP contribution in [0.2, 0.25) is 0 Å². The van der Waals surface area contributed by atoms with E-state index in [9.17, 15) is 0 Å². The van der Waals surface area contributed by atoms with Crippen LogP contribution in [0.1, 0.15) is 0 Å². The second-order valence-corrected chi connectivity index (χ2v) is 0. The Bertz CT molecular complexity index is 10.4. The van der Waals surface area contributed by atoms with E-state index >= 15 is 0 Å². The molecule has 0 bridgehead atoms. The normalized spacial score (nSPS) is 0. The third-order valence-electron chi connectivity index (χ3n) is 0. The van der Waals surface area contributed by atoms with Gasteiger partial charge in [0.2, 0.25) is 0 Å². The van der Waals surface area contributed by atoms with Gasteiger partial charge < -0.3 is 27.4 Å². The molecular formula is H10In2O5Sn. The summed E-state index contributed by atoms with van der Waals surface area (Å²) in [6, 6.07) is 0. The van der Waals surface area contributed by atoms with Crippen molar-refractivity contribution in [3.8, 4) is 0 Å². The second kappa shape index (κ2) is 119. The molecular weight excluding hydrogens is 428 g/mol. The molecule has 0 aromatic carbocycles. The summed E-state index contributed by atoms with van der Waals surface area (Å²) in [5.41, 5.74) is 0. The summed E-state index contributed by atoms with van der Waals surface area (Å²) in [4.78, 5) is 0. The van der Waals surface area contributed by atoms with Crippen molar-refractivity contribution in [2.24, 2.45) is 0 Å². The molecule has 0 amide bonds. The molecule has 0 aliphatic carbocycles. The Labute approximate surface area is 102 Å². The Kier molecular flexibility index (Phi) is 2450. The second-order valence-electron chi connectivity index (χ2n) is 0. The Morgan fingerprint density at radius 1 is 0.375 bits per heavy atom. The zero-order chi connectivity index (χ0) is 0. The van der Waals surface area contributed by atoms with Crippen LogP contribution in [0, 0.1) is 0 Å². The molecule has 0 aliphatic heterocycles. The first-order valence-corrected chi connectivity index (χ1v) is 0. The van der Waals surface area contributed by atoms with Crippen molar-refractivity contribution in [3.63, 3.8) is 0 Å². The minimum Gasteiger partial charge on any atom is -0.412 e. The molecule has 10 N–H and O–H groups in total. The van der Waals surface area contributed by atoms with E-state index in [1.54, 1.807) is 0 Å². The molecule has 0 rings (SSSR count). The van der Waals surface area contributed by atoms with E-state index in [0.29, 0.717) is 0 Å². The summed E-state index contributed by atoms with van der Waals surface area (Å²) in [6.07, 6.45) is 0. The third-order valence-corrected chi connectivity index (χ3v) is 0. The maximum Gasteiger partial charge on any atom is 0 e. The van der Waals surface area contributed by atoms with Crippen LogP contribution in [0.4, 0.5) is 0 Å². The summed E-state index contributed by atoms with van der Waals surface area (Å²) >= 11 is 0. The first-order chi connectivity index (χ1) is 0. The average Bonchev–Trinajstić information content (AvgIpc) is 0. The van der Waals surface area contributed by atoms with Crippen molar-refractivity contribution in [2.45, 2.75) is 0 Å². The monoisotopic (exact) mass is 440 g/mol. The van der Waals surface area contributed by atoms with E-state index in [2.05, 4.69) is 0 Å². The molecule has 50 valence electrons. The molecule has 0 saturated heterocycles. The van der Waals surface area contributed by atoms with E-state index < -0.39 is 0 Å². The fraction of sp³-hybridized carbons (Fsp3) is 0. The SMILES string of the molecule is O.O.O.O.O.[In].[In].[Sn]. The number of hydrogen-bond acceptors (Lipinski definition) is 0. The number of hydrogen-bond donors (Lipinski definition) is 0. The smallest absolute Gasteiger partial charge is 0 e. The maximum absolute atomic E-state index is 0. The molecule has 8 heteroatoms. The van der Waals surface area contributed by atoms with E-state index in [-0.39, 0.29) is 103 Å². The van der Waals surface area contributed by atoms with Crippen molar-refractivity contribution >= 4 is 75.6 Å². The van der Waals surface area contributed by atoms with Crippen molar-refractivity contribution in [1.82, 2.24) is 0 Å². The Hall–Kier alpha value is 2.34. The van der Waals surface area contributed by atoms with Crippen molar-refractivity contribution in [1.29, 1.82) is 0 Å². The third kappa shape index (κ3) is 82.1. The van der Waals surface area contributed by atoms with Crippen LogP contribution in [0.3, 0.4) is 0 Å². The average molecular weight is 438 g/mol. The van der Waals surface area contributed by atoms with Gasteiger partial charge in [0.15, 0.2) is 0 Å². The molecule has 5 nitrogen and oxygen atoms in total. The van der Waals surface area contributed by atoms with Crippen LogP contribution in [0.15, 0.2) is 0 Å². The summed E-state index contributed by atoms with van der Waals surface area (Å²) in [5, 5.41) is 0. The molecule has 0 fully saturated rings. The summed E-state index contributed by atoms with van der Waals surface area (Å²) in [5.74, 6) is 0. The van der Waals surface area contributed by atoms with Gasteiger partial charge in [-0.25, -0.2) is 0 Å². The molecule has 0 unspecified atom stereocenters. The van der Waals surface area contributed by atoms with E-state index in [1.807, 2.05) is 0 Å².